The number of nitrogens with one attached hydrogen (secondary N) is 1. The number of hydrogen-bond donors (Lipinski definition) is 1. The van der Waals surface area contributed by atoms with Gasteiger partial charge in [-0.2, -0.15) is 0 Å². The fourth-order valence-corrected chi connectivity index (χ4v) is 1.52. The van der Waals surface area contributed by atoms with Crippen molar-refractivity contribution >= 4 is 5.69 Å². The van der Waals surface area contributed by atoms with Crippen LogP contribution in [0.5, 0.6) is 11.5 Å². The van der Waals surface area contributed by atoms with Crippen LogP contribution in [0, 0.1) is 6.92 Å². The lowest BCUT2D eigenvalue weighted by Gasteiger charge is -2.11. The average molecular weight is 249 g/mol. The maximum absolute atomic E-state index is 5.27. The van der Waals surface area contributed by atoms with E-state index >= 15 is 0 Å². The van der Waals surface area contributed by atoms with Gasteiger partial charge >= 0.3 is 0 Å². The van der Waals surface area contributed by atoms with E-state index in [0.29, 0.717) is 24.1 Å². The van der Waals surface area contributed by atoms with Crippen molar-refractivity contribution in [2.75, 3.05) is 19.5 Å². The number of aromatic nitrogens is 2. The van der Waals surface area contributed by atoms with Crippen LogP contribution in [0.4, 0.5) is 5.69 Å². The molecule has 1 N–H and O–H groups in total. The number of rotatable bonds is 5. The van der Waals surface area contributed by atoms with E-state index in [1.165, 1.54) is 0 Å². The van der Waals surface area contributed by atoms with E-state index in [1.54, 1.807) is 27.2 Å². The van der Waals surface area contributed by atoms with Crippen molar-refractivity contribution in [3.8, 4) is 11.5 Å². The molecule has 2 aromatic rings. The molecule has 6 nitrogen and oxygen atoms in total. The minimum Gasteiger partial charge on any atom is -0.497 e. The van der Waals surface area contributed by atoms with E-state index < -0.39 is 0 Å². The molecule has 2 rings (SSSR count). The van der Waals surface area contributed by atoms with Crippen LogP contribution in [0.2, 0.25) is 0 Å². The molecule has 6 heteroatoms. The number of methoxy groups -OCH3 is 2. The Morgan fingerprint density at radius 2 is 2.06 bits per heavy atom. The summed E-state index contributed by atoms with van der Waals surface area (Å²) in [5, 5.41) is 10.8. The highest BCUT2D eigenvalue weighted by molar-refractivity contribution is 5.59. The minimum absolute atomic E-state index is 0.448. The molecular weight excluding hydrogens is 234 g/mol. The first-order valence-electron chi connectivity index (χ1n) is 5.48. The third-order valence-corrected chi connectivity index (χ3v) is 2.41. The normalized spacial score (nSPS) is 10.2. The van der Waals surface area contributed by atoms with Gasteiger partial charge in [-0.25, -0.2) is 0 Å². The van der Waals surface area contributed by atoms with Crippen LogP contribution < -0.4 is 14.8 Å². The Labute approximate surface area is 105 Å². The zero-order chi connectivity index (χ0) is 13.0. The summed E-state index contributed by atoms with van der Waals surface area (Å²) in [6, 6.07) is 5.53. The second-order valence-corrected chi connectivity index (χ2v) is 3.63. The van der Waals surface area contributed by atoms with Gasteiger partial charge in [-0.3, -0.25) is 0 Å². The molecule has 18 heavy (non-hydrogen) atoms. The average Bonchev–Trinajstić information content (AvgIpc) is 2.82. The maximum atomic E-state index is 5.27. The van der Waals surface area contributed by atoms with Gasteiger partial charge in [0.15, 0.2) is 0 Å². The minimum atomic E-state index is 0.448. The predicted molar refractivity (Wildman–Crippen MR) is 65.9 cm³/mol. The van der Waals surface area contributed by atoms with Crippen molar-refractivity contribution in [1.82, 2.24) is 10.2 Å². The first kappa shape index (κ1) is 12.2. The lowest BCUT2D eigenvalue weighted by molar-refractivity contribution is 0.395. The van der Waals surface area contributed by atoms with Crippen LogP contribution in [-0.2, 0) is 6.54 Å². The monoisotopic (exact) mass is 249 g/mol. The van der Waals surface area contributed by atoms with E-state index in [4.69, 9.17) is 13.9 Å². The van der Waals surface area contributed by atoms with Crippen LogP contribution in [-0.4, -0.2) is 24.4 Å². The Morgan fingerprint density at radius 1 is 1.22 bits per heavy atom. The lowest BCUT2D eigenvalue weighted by Crippen LogP contribution is -2.02. The maximum Gasteiger partial charge on any atom is 0.235 e. The van der Waals surface area contributed by atoms with E-state index in [2.05, 4.69) is 15.5 Å². The van der Waals surface area contributed by atoms with Crippen LogP contribution in [0.1, 0.15) is 11.8 Å². The van der Waals surface area contributed by atoms with Crippen LogP contribution in [0.3, 0.4) is 0 Å². The summed E-state index contributed by atoms with van der Waals surface area (Å²) >= 11 is 0. The van der Waals surface area contributed by atoms with Gasteiger partial charge in [0.2, 0.25) is 11.8 Å². The molecule has 1 heterocycles. The van der Waals surface area contributed by atoms with Crippen molar-refractivity contribution in [2.24, 2.45) is 0 Å². The summed E-state index contributed by atoms with van der Waals surface area (Å²) in [6.07, 6.45) is 0. The zero-order valence-electron chi connectivity index (χ0n) is 10.6. The number of aryl methyl sites for hydroxylation is 1. The highest BCUT2D eigenvalue weighted by atomic mass is 16.5. The van der Waals surface area contributed by atoms with Gasteiger partial charge in [-0.15, -0.1) is 10.2 Å². The van der Waals surface area contributed by atoms with Gasteiger partial charge in [0.1, 0.15) is 11.5 Å². The molecular formula is C12H15N3O3. The Bertz CT molecular complexity index is 525. The molecule has 0 aliphatic carbocycles. The molecule has 0 bridgehead atoms. The molecule has 1 aromatic carbocycles. The Kier molecular flexibility index (Phi) is 3.66. The molecule has 0 aliphatic heterocycles. The molecule has 0 spiro atoms. The summed E-state index contributed by atoms with van der Waals surface area (Å²) in [4.78, 5) is 0. The molecule has 0 fully saturated rings. The quantitative estimate of drug-likeness (QED) is 0.874. The van der Waals surface area contributed by atoms with Crippen molar-refractivity contribution in [1.29, 1.82) is 0 Å². The Morgan fingerprint density at radius 3 is 2.67 bits per heavy atom. The number of hydrogen-bond acceptors (Lipinski definition) is 6. The number of anilines is 1. The van der Waals surface area contributed by atoms with E-state index in [-0.39, 0.29) is 0 Å². The second kappa shape index (κ2) is 5.39. The lowest BCUT2D eigenvalue weighted by atomic mass is 10.2. The molecule has 96 valence electrons. The van der Waals surface area contributed by atoms with Gasteiger partial charge in [0.25, 0.3) is 0 Å². The summed E-state index contributed by atoms with van der Waals surface area (Å²) < 4.78 is 15.7. The fourth-order valence-electron chi connectivity index (χ4n) is 1.52. The van der Waals surface area contributed by atoms with Crippen LogP contribution in [0.25, 0.3) is 0 Å². The van der Waals surface area contributed by atoms with Gasteiger partial charge < -0.3 is 19.2 Å². The molecule has 0 atom stereocenters. The van der Waals surface area contributed by atoms with Crippen molar-refractivity contribution in [3.63, 3.8) is 0 Å². The van der Waals surface area contributed by atoms with E-state index in [9.17, 15) is 0 Å². The van der Waals surface area contributed by atoms with E-state index in [0.717, 1.165) is 11.4 Å². The van der Waals surface area contributed by atoms with Crippen molar-refractivity contribution < 1.29 is 13.9 Å². The fraction of sp³-hybridized carbons (Fsp3) is 0.333. The SMILES string of the molecule is COc1ccc(NCc2nnc(C)o2)c(OC)c1. The van der Waals surface area contributed by atoms with E-state index in [1.807, 2.05) is 12.1 Å². The largest absolute Gasteiger partial charge is 0.497 e. The molecule has 0 saturated carbocycles. The van der Waals surface area contributed by atoms with Gasteiger partial charge in [-0.1, -0.05) is 0 Å². The summed E-state index contributed by atoms with van der Waals surface area (Å²) in [5.41, 5.74) is 0.842. The Hall–Kier alpha value is -2.24. The highest BCUT2D eigenvalue weighted by Gasteiger charge is 2.07. The molecule has 0 unspecified atom stereocenters. The number of benzene rings is 1. The van der Waals surface area contributed by atoms with Crippen LogP contribution >= 0.6 is 0 Å². The Balaban J connectivity index is 2.08. The molecule has 0 radical (unpaired) electrons. The topological polar surface area (TPSA) is 69.4 Å². The summed E-state index contributed by atoms with van der Waals surface area (Å²) in [6.45, 7) is 2.20. The number of ether oxygens (including phenoxy) is 2. The van der Waals surface area contributed by atoms with Crippen molar-refractivity contribution in [3.05, 3.63) is 30.0 Å². The summed E-state index contributed by atoms with van der Waals surface area (Å²) in [5.74, 6) is 2.52. The van der Waals surface area contributed by atoms with Gasteiger partial charge in [0.05, 0.1) is 26.5 Å². The first-order valence-corrected chi connectivity index (χ1v) is 5.48. The molecule has 0 amide bonds. The standard InChI is InChI=1S/C12H15N3O3/c1-8-14-15-12(18-8)7-13-10-5-4-9(16-2)6-11(10)17-3/h4-6,13H,7H2,1-3H3. The molecule has 0 saturated heterocycles. The second-order valence-electron chi connectivity index (χ2n) is 3.63. The van der Waals surface area contributed by atoms with Gasteiger partial charge in [0, 0.05) is 13.0 Å². The zero-order valence-corrected chi connectivity index (χ0v) is 10.6. The first-order chi connectivity index (χ1) is 8.72. The molecule has 0 aliphatic rings. The predicted octanol–water partition coefficient (Wildman–Crippen LogP) is 2.01. The van der Waals surface area contributed by atoms with Crippen molar-refractivity contribution in [2.45, 2.75) is 13.5 Å². The molecule has 1 aromatic heterocycles. The third kappa shape index (κ3) is 2.71. The smallest absolute Gasteiger partial charge is 0.235 e. The van der Waals surface area contributed by atoms with Gasteiger partial charge in [-0.05, 0) is 12.1 Å². The highest BCUT2D eigenvalue weighted by Crippen LogP contribution is 2.29. The summed E-state index contributed by atoms with van der Waals surface area (Å²) in [7, 11) is 3.22. The van der Waals surface area contributed by atoms with Crippen LogP contribution in [0.15, 0.2) is 22.6 Å². The number of nitrogens with zero attached hydrogens (tertiary/aromatic N) is 2. The third-order valence-electron chi connectivity index (χ3n) is 2.41.